The van der Waals surface area contributed by atoms with E-state index in [9.17, 15) is 0 Å². The smallest absolute Gasteiger partial charge is 0.164 e. The van der Waals surface area contributed by atoms with E-state index in [0.29, 0.717) is 17.5 Å². The minimum Gasteiger partial charge on any atom is -0.456 e. The van der Waals surface area contributed by atoms with E-state index in [1.165, 1.54) is 33.4 Å². The Morgan fingerprint density at radius 2 is 0.765 bits per heavy atom. The molecule has 0 spiro atoms. The van der Waals surface area contributed by atoms with E-state index < -0.39 is 5.41 Å². The molecule has 0 radical (unpaired) electrons. The molecular formula is C64H41N3O. The molecule has 2 aromatic heterocycles. The highest BCUT2D eigenvalue weighted by atomic mass is 16.3. The zero-order chi connectivity index (χ0) is 45.0. The van der Waals surface area contributed by atoms with E-state index in [-0.39, 0.29) is 0 Å². The molecule has 0 unspecified atom stereocenters. The van der Waals surface area contributed by atoms with Crippen molar-refractivity contribution in [3.8, 4) is 78.7 Å². The lowest BCUT2D eigenvalue weighted by atomic mass is 9.67. The first-order chi connectivity index (χ1) is 33.7. The quantitative estimate of drug-likeness (QED) is 0.153. The van der Waals surface area contributed by atoms with Crippen molar-refractivity contribution in [2.75, 3.05) is 0 Å². The third kappa shape index (κ3) is 6.41. The monoisotopic (exact) mass is 867 g/mol. The standard InChI is InChI=1S/C64H41N3O/c1-5-18-42(19-6-1)43-32-34-45(35-33-43)61-65-62(53-28-14-13-26-50(53)44-20-7-2-8-21-44)67-63(66-61)54-29-17-31-59-60(54)55-40-46(37-39-58(55)68-59)47-36-38-52-51-27-15-16-30-56(51)64(57(52)41-47,48-22-9-3-10-23-48)49-24-11-4-12-25-49/h1-41H. The number of aromatic nitrogens is 3. The van der Waals surface area contributed by atoms with Crippen LogP contribution in [0, 0.1) is 0 Å². The van der Waals surface area contributed by atoms with Crippen LogP contribution in [0.2, 0.25) is 0 Å². The molecule has 0 saturated carbocycles. The lowest BCUT2D eigenvalue weighted by Crippen LogP contribution is -2.28. The van der Waals surface area contributed by atoms with Gasteiger partial charge in [0.15, 0.2) is 17.5 Å². The molecule has 4 heteroatoms. The summed E-state index contributed by atoms with van der Waals surface area (Å²) in [6.45, 7) is 0. The molecule has 318 valence electrons. The summed E-state index contributed by atoms with van der Waals surface area (Å²) in [7, 11) is 0. The van der Waals surface area contributed by atoms with Gasteiger partial charge in [0, 0.05) is 27.5 Å². The van der Waals surface area contributed by atoms with Crippen molar-refractivity contribution in [1.82, 2.24) is 15.0 Å². The molecule has 0 saturated heterocycles. The maximum absolute atomic E-state index is 6.66. The van der Waals surface area contributed by atoms with Gasteiger partial charge < -0.3 is 4.42 Å². The first-order valence-electron chi connectivity index (χ1n) is 23.1. The van der Waals surface area contributed by atoms with Gasteiger partial charge in [-0.1, -0.05) is 224 Å². The Labute approximate surface area is 394 Å². The van der Waals surface area contributed by atoms with Crippen molar-refractivity contribution < 1.29 is 4.42 Å². The molecule has 0 atom stereocenters. The highest BCUT2D eigenvalue weighted by Gasteiger charge is 2.46. The zero-order valence-corrected chi connectivity index (χ0v) is 36.9. The molecule has 0 fully saturated rings. The van der Waals surface area contributed by atoms with Crippen LogP contribution in [0.25, 0.3) is 101 Å². The average Bonchev–Trinajstić information content (AvgIpc) is 3.95. The summed E-state index contributed by atoms with van der Waals surface area (Å²) in [4.78, 5) is 15.9. The molecule has 1 aliphatic rings. The Kier molecular flexibility index (Phi) is 9.36. The lowest BCUT2D eigenvalue weighted by Gasteiger charge is -2.34. The van der Waals surface area contributed by atoms with Crippen LogP contribution in [-0.2, 0) is 5.41 Å². The van der Waals surface area contributed by atoms with E-state index in [1.54, 1.807) is 0 Å². The molecule has 0 N–H and O–H groups in total. The molecule has 0 aliphatic heterocycles. The third-order valence-corrected chi connectivity index (χ3v) is 13.7. The van der Waals surface area contributed by atoms with Gasteiger partial charge >= 0.3 is 0 Å². The molecule has 10 aromatic carbocycles. The van der Waals surface area contributed by atoms with Crippen molar-refractivity contribution >= 4 is 21.9 Å². The van der Waals surface area contributed by atoms with Crippen LogP contribution < -0.4 is 0 Å². The van der Waals surface area contributed by atoms with Gasteiger partial charge in [0.2, 0.25) is 0 Å². The summed E-state index contributed by atoms with van der Waals surface area (Å²) in [5, 5.41) is 1.95. The van der Waals surface area contributed by atoms with Gasteiger partial charge in [-0.25, -0.2) is 15.0 Å². The number of hydrogen-bond donors (Lipinski definition) is 0. The molecular weight excluding hydrogens is 827 g/mol. The van der Waals surface area contributed by atoms with E-state index in [2.05, 4.69) is 218 Å². The Morgan fingerprint density at radius 1 is 0.279 bits per heavy atom. The molecule has 0 bridgehead atoms. The van der Waals surface area contributed by atoms with Gasteiger partial charge in [-0.3, -0.25) is 0 Å². The maximum atomic E-state index is 6.66. The first kappa shape index (κ1) is 39.4. The van der Waals surface area contributed by atoms with Gasteiger partial charge in [0.1, 0.15) is 11.2 Å². The van der Waals surface area contributed by atoms with Gasteiger partial charge in [0.25, 0.3) is 0 Å². The van der Waals surface area contributed by atoms with Crippen LogP contribution in [0.3, 0.4) is 0 Å². The van der Waals surface area contributed by atoms with Crippen LogP contribution in [0.4, 0.5) is 0 Å². The lowest BCUT2D eigenvalue weighted by molar-refractivity contribution is 0.669. The molecule has 12 aromatic rings. The minimum absolute atomic E-state index is 0.501. The van der Waals surface area contributed by atoms with Crippen LogP contribution >= 0.6 is 0 Å². The highest BCUT2D eigenvalue weighted by Crippen LogP contribution is 2.57. The van der Waals surface area contributed by atoms with Crippen molar-refractivity contribution in [3.05, 3.63) is 271 Å². The minimum atomic E-state index is -0.501. The Bertz CT molecular complexity index is 3790. The number of furan rings is 1. The van der Waals surface area contributed by atoms with Crippen LogP contribution in [0.15, 0.2) is 253 Å². The molecule has 1 aliphatic carbocycles. The zero-order valence-electron chi connectivity index (χ0n) is 36.9. The summed E-state index contributed by atoms with van der Waals surface area (Å²) in [5.41, 5.74) is 18.0. The fourth-order valence-electron chi connectivity index (χ4n) is 10.6. The predicted molar refractivity (Wildman–Crippen MR) is 277 cm³/mol. The number of benzene rings is 10. The predicted octanol–water partition coefficient (Wildman–Crippen LogP) is 16.1. The van der Waals surface area contributed by atoms with Crippen LogP contribution in [0.5, 0.6) is 0 Å². The third-order valence-electron chi connectivity index (χ3n) is 13.7. The second kappa shape index (κ2) is 16.2. The molecule has 68 heavy (non-hydrogen) atoms. The second-order valence-electron chi connectivity index (χ2n) is 17.4. The molecule has 2 heterocycles. The van der Waals surface area contributed by atoms with E-state index in [0.717, 1.165) is 72.0 Å². The SMILES string of the molecule is c1ccc(-c2ccc(-c3nc(-c4ccccc4-c4ccccc4)nc(-c4cccc5oc6ccc(-c7ccc8c(c7)C(c7ccccc7)(c7ccccc7)c7ccccc7-8)cc6c45)n3)cc2)cc1. The summed E-state index contributed by atoms with van der Waals surface area (Å²) in [5.74, 6) is 1.77. The summed E-state index contributed by atoms with van der Waals surface area (Å²) < 4.78 is 6.66. The number of rotatable bonds is 8. The first-order valence-corrected chi connectivity index (χ1v) is 23.1. The molecule has 0 amide bonds. The summed E-state index contributed by atoms with van der Waals surface area (Å²) in [6.07, 6.45) is 0. The Morgan fingerprint density at radius 3 is 1.47 bits per heavy atom. The normalized spacial score (nSPS) is 12.5. The average molecular weight is 868 g/mol. The molecule has 4 nitrogen and oxygen atoms in total. The van der Waals surface area contributed by atoms with E-state index in [1.807, 2.05) is 30.3 Å². The van der Waals surface area contributed by atoms with E-state index >= 15 is 0 Å². The van der Waals surface area contributed by atoms with Gasteiger partial charge in [-0.15, -0.1) is 0 Å². The fraction of sp³-hybridized carbons (Fsp3) is 0.0156. The topological polar surface area (TPSA) is 51.8 Å². The highest BCUT2D eigenvalue weighted by molar-refractivity contribution is 6.13. The van der Waals surface area contributed by atoms with Crippen LogP contribution in [0.1, 0.15) is 22.3 Å². The van der Waals surface area contributed by atoms with Crippen molar-refractivity contribution in [2.24, 2.45) is 0 Å². The fourth-order valence-corrected chi connectivity index (χ4v) is 10.6. The van der Waals surface area contributed by atoms with E-state index in [4.69, 9.17) is 19.4 Å². The number of nitrogens with zero attached hydrogens (tertiary/aromatic N) is 3. The maximum Gasteiger partial charge on any atom is 0.164 e. The van der Waals surface area contributed by atoms with Gasteiger partial charge in [0.05, 0.1) is 5.41 Å². The van der Waals surface area contributed by atoms with Crippen LogP contribution in [-0.4, -0.2) is 15.0 Å². The van der Waals surface area contributed by atoms with Crippen molar-refractivity contribution in [3.63, 3.8) is 0 Å². The summed E-state index contributed by atoms with van der Waals surface area (Å²) in [6, 6.07) is 88.2. The second-order valence-corrected chi connectivity index (χ2v) is 17.4. The van der Waals surface area contributed by atoms with Gasteiger partial charge in [-0.05, 0) is 91.0 Å². The Balaban J connectivity index is 0.992. The largest absolute Gasteiger partial charge is 0.456 e. The Hall–Kier alpha value is -8.99. The van der Waals surface area contributed by atoms with Gasteiger partial charge in [-0.2, -0.15) is 0 Å². The van der Waals surface area contributed by atoms with Crippen molar-refractivity contribution in [2.45, 2.75) is 5.41 Å². The molecule has 13 rings (SSSR count). The van der Waals surface area contributed by atoms with Crippen molar-refractivity contribution in [1.29, 1.82) is 0 Å². The number of hydrogen-bond acceptors (Lipinski definition) is 4. The number of fused-ring (bicyclic) bond motifs is 6. The summed E-state index contributed by atoms with van der Waals surface area (Å²) >= 11 is 0.